The van der Waals surface area contributed by atoms with Crippen molar-refractivity contribution in [3.8, 4) is 0 Å². The van der Waals surface area contributed by atoms with Gasteiger partial charge in [0.15, 0.2) is 0 Å². The predicted molar refractivity (Wildman–Crippen MR) is 112 cm³/mol. The van der Waals surface area contributed by atoms with E-state index in [0.29, 0.717) is 24.7 Å². The van der Waals surface area contributed by atoms with Gasteiger partial charge in [-0.2, -0.15) is 0 Å². The lowest BCUT2D eigenvalue weighted by atomic mass is 10.1. The number of hydrogen-bond acceptors (Lipinski definition) is 5. The Labute approximate surface area is 177 Å². The van der Waals surface area contributed by atoms with Gasteiger partial charge in [-0.3, -0.25) is 9.59 Å². The van der Waals surface area contributed by atoms with Crippen LogP contribution in [0.4, 0.5) is 5.69 Å². The maximum atomic E-state index is 12.4. The second-order valence-corrected chi connectivity index (χ2v) is 7.96. The van der Waals surface area contributed by atoms with Crippen LogP contribution in [0.5, 0.6) is 0 Å². The molecule has 0 spiro atoms. The van der Waals surface area contributed by atoms with Crippen LogP contribution < -0.4 is 10.2 Å². The normalized spacial score (nSPS) is 21.0. The van der Waals surface area contributed by atoms with Crippen LogP contribution in [-0.2, 0) is 19.1 Å². The molecule has 0 aromatic heterocycles. The molecule has 2 atom stereocenters. The summed E-state index contributed by atoms with van der Waals surface area (Å²) in [7, 11) is 0. The summed E-state index contributed by atoms with van der Waals surface area (Å²) in [5.74, 6) is -0.342. The zero-order valence-corrected chi connectivity index (χ0v) is 17.7. The van der Waals surface area contributed by atoms with E-state index in [1.807, 2.05) is 24.3 Å². The van der Waals surface area contributed by atoms with Gasteiger partial charge in [-0.15, -0.1) is 0 Å². The fourth-order valence-electron chi connectivity index (χ4n) is 3.55. The highest BCUT2D eigenvalue weighted by molar-refractivity contribution is 6.30. The molecule has 8 heteroatoms. The fraction of sp³-hybridized carbons (Fsp3) is 0.619. The Balaban J connectivity index is 1.34. The molecule has 2 aliphatic heterocycles. The summed E-state index contributed by atoms with van der Waals surface area (Å²) < 4.78 is 11.2. The summed E-state index contributed by atoms with van der Waals surface area (Å²) in [5, 5.41) is 3.40. The third-order valence-corrected chi connectivity index (χ3v) is 5.67. The van der Waals surface area contributed by atoms with Crippen molar-refractivity contribution in [2.45, 2.75) is 38.4 Å². The van der Waals surface area contributed by atoms with E-state index in [0.717, 1.165) is 44.6 Å². The molecule has 1 aromatic carbocycles. The van der Waals surface area contributed by atoms with Gasteiger partial charge in [-0.05, 0) is 50.5 Å². The quantitative estimate of drug-likeness (QED) is 0.727. The summed E-state index contributed by atoms with van der Waals surface area (Å²) in [6.07, 6.45) is 2.65. The molecule has 2 amide bonds. The standard InChI is InChI=1S/C21H30ClN3O4/c1-16(29-15-19-4-2-3-13-28-19)21(27)23-14-20(26)25-11-9-24(10-12-25)18-7-5-17(22)6-8-18/h5-8,16,19H,2-4,9-15H2,1H3,(H,23,27). The Morgan fingerprint density at radius 1 is 1.21 bits per heavy atom. The van der Waals surface area contributed by atoms with Crippen LogP contribution in [-0.4, -0.2) is 74.9 Å². The molecule has 2 unspecified atom stereocenters. The number of carbonyl (C=O) groups excluding carboxylic acids is 2. The number of rotatable bonds is 7. The molecule has 1 N–H and O–H groups in total. The highest BCUT2D eigenvalue weighted by Crippen LogP contribution is 2.19. The van der Waals surface area contributed by atoms with Crippen molar-refractivity contribution in [3.63, 3.8) is 0 Å². The maximum absolute atomic E-state index is 12.4. The fourth-order valence-corrected chi connectivity index (χ4v) is 3.68. The first-order chi connectivity index (χ1) is 14.0. The van der Waals surface area contributed by atoms with Gasteiger partial charge in [-0.1, -0.05) is 11.6 Å². The van der Waals surface area contributed by atoms with Crippen molar-refractivity contribution in [2.75, 3.05) is 50.8 Å². The molecular formula is C21H30ClN3O4. The number of nitrogens with one attached hydrogen (secondary N) is 1. The second-order valence-electron chi connectivity index (χ2n) is 7.53. The van der Waals surface area contributed by atoms with Gasteiger partial charge < -0.3 is 24.6 Å². The average Bonchev–Trinajstić information content (AvgIpc) is 2.77. The number of nitrogens with zero attached hydrogens (tertiary/aromatic N) is 2. The van der Waals surface area contributed by atoms with Gasteiger partial charge in [0.2, 0.25) is 11.8 Å². The topological polar surface area (TPSA) is 71.1 Å². The first-order valence-electron chi connectivity index (χ1n) is 10.3. The first-order valence-corrected chi connectivity index (χ1v) is 10.7. The monoisotopic (exact) mass is 423 g/mol. The molecule has 1 aromatic rings. The molecular weight excluding hydrogens is 394 g/mol. The van der Waals surface area contributed by atoms with Gasteiger partial charge in [0.1, 0.15) is 6.10 Å². The van der Waals surface area contributed by atoms with E-state index in [9.17, 15) is 9.59 Å². The van der Waals surface area contributed by atoms with Crippen LogP contribution in [0.2, 0.25) is 5.02 Å². The summed E-state index contributed by atoms with van der Waals surface area (Å²) >= 11 is 5.94. The number of carbonyl (C=O) groups is 2. The van der Waals surface area contributed by atoms with Crippen molar-refractivity contribution in [2.24, 2.45) is 0 Å². The lowest BCUT2D eigenvalue weighted by Gasteiger charge is -2.36. The van der Waals surface area contributed by atoms with E-state index >= 15 is 0 Å². The third kappa shape index (κ3) is 6.59. The molecule has 0 bridgehead atoms. The Hall–Kier alpha value is -1.83. The molecule has 29 heavy (non-hydrogen) atoms. The molecule has 2 heterocycles. The van der Waals surface area contributed by atoms with Crippen LogP contribution >= 0.6 is 11.6 Å². The molecule has 3 rings (SSSR count). The SMILES string of the molecule is CC(OCC1CCCCO1)C(=O)NCC(=O)N1CCN(c2ccc(Cl)cc2)CC1. The zero-order chi connectivity index (χ0) is 20.6. The number of amides is 2. The minimum absolute atomic E-state index is 0.00654. The molecule has 7 nitrogen and oxygen atoms in total. The number of anilines is 1. The molecule has 0 radical (unpaired) electrons. The van der Waals surface area contributed by atoms with Gasteiger partial charge >= 0.3 is 0 Å². The predicted octanol–water partition coefficient (Wildman–Crippen LogP) is 2.08. The number of benzene rings is 1. The Morgan fingerprint density at radius 3 is 2.59 bits per heavy atom. The highest BCUT2D eigenvalue weighted by atomic mass is 35.5. The van der Waals surface area contributed by atoms with Crippen molar-refractivity contribution in [1.29, 1.82) is 0 Å². The number of ether oxygens (including phenoxy) is 2. The van der Waals surface area contributed by atoms with Gasteiger partial charge in [0.05, 0.1) is 19.3 Å². The van der Waals surface area contributed by atoms with Crippen LogP contribution in [0, 0.1) is 0 Å². The molecule has 2 saturated heterocycles. The summed E-state index contributed by atoms with van der Waals surface area (Å²) in [6, 6.07) is 7.71. The Morgan fingerprint density at radius 2 is 1.93 bits per heavy atom. The molecule has 0 saturated carbocycles. The van der Waals surface area contributed by atoms with E-state index in [1.54, 1.807) is 11.8 Å². The van der Waals surface area contributed by atoms with Crippen molar-refractivity contribution in [1.82, 2.24) is 10.2 Å². The van der Waals surface area contributed by atoms with E-state index < -0.39 is 6.10 Å². The molecule has 0 aliphatic carbocycles. The van der Waals surface area contributed by atoms with Crippen LogP contribution in [0.25, 0.3) is 0 Å². The van der Waals surface area contributed by atoms with Crippen LogP contribution in [0.3, 0.4) is 0 Å². The van der Waals surface area contributed by atoms with Crippen molar-refractivity contribution < 1.29 is 19.1 Å². The van der Waals surface area contributed by atoms with Crippen molar-refractivity contribution >= 4 is 29.1 Å². The Kier molecular flexibility index (Phi) is 8.15. The van der Waals surface area contributed by atoms with Gasteiger partial charge in [-0.25, -0.2) is 0 Å². The summed E-state index contributed by atoms with van der Waals surface area (Å²) in [4.78, 5) is 28.6. The molecule has 160 valence electrons. The molecule has 2 aliphatic rings. The number of halogens is 1. The minimum Gasteiger partial charge on any atom is -0.376 e. The first kappa shape index (κ1) is 21.9. The summed E-state index contributed by atoms with van der Waals surface area (Å²) in [5.41, 5.74) is 1.10. The lowest BCUT2D eigenvalue weighted by molar-refractivity contribution is -0.139. The second kappa shape index (κ2) is 10.8. The zero-order valence-electron chi connectivity index (χ0n) is 16.9. The minimum atomic E-state index is -0.602. The lowest BCUT2D eigenvalue weighted by Crippen LogP contribution is -2.52. The van der Waals surface area contributed by atoms with Crippen LogP contribution in [0.1, 0.15) is 26.2 Å². The number of piperazine rings is 1. The van der Waals surface area contributed by atoms with Crippen molar-refractivity contribution in [3.05, 3.63) is 29.3 Å². The maximum Gasteiger partial charge on any atom is 0.249 e. The largest absolute Gasteiger partial charge is 0.376 e. The number of hydrogen-bond donors (Lipinski definition) is 1. The third-order valence-electron chi connectivity index (χ3n) is 5.41. The van der Waals surface area contributed by atoms with Crippen LogP contribution in [0.15, 0.2) is 24.3 Å². The molecule has 2 fully saturated rings. The highest BCUT2D eigenvalue weighted by Gasteiger charge is 2.23. The van der Waals surface area contributed by atoms with Gasteiger partial charge in [0, 0.05) is 43.5 Å². The van der Waals surface area contributed by atoms with E-state index in [4.69, 9.17) is 21.1 Å². The van der Waals surface area contributed by atoms with E-state index in [-0.39, 0.29) is 24.5 Å². The van der Waals surface area contributed by atoms with E-state index in [2.05, 4.69) is 10.2 Å². The smallest absolute Gasteiger partial charge is 0.249 e. The Bertz CT molecular complexity index is 671. The van der Waals surface area contributed by atoms with Gasteiger partial charge in [0.25, 0.3) is 0 Å². The summed E-state index contributed by atoms with van der Waals surface area (Å²) in [6.45, 7) is 5.62. The van der Waals surface area contributed by atoms with E-state index in [1.165, 1.54) is 0 Å². The average molecular weight is 424 g/mol.